The SMILES string of the molecule is C#C[C@H](C)OC(=O)c1ccc(N2CCCC2)nc1. The van der Waals surface area contributed by atoms with Crippen molar-refractivity contribution >= 4 is 11.8 Å². The first-order chi connectivity index (χ1) is 8.70. The monoisotopic (exact) mass is 244 g/mol. The van der Waals surface area contributed by atoms with Crippen LogP contribution < -0.4 is 4.90 Å². The van der Waals surface area contributed by atoms with Crippen LogP contribution in [0.25, 0.3) is 0 Å². The molecule has 2 heterocycles. The number of hydrogen-bond acceptors (Lipinski definition) is 4. The van der Waals surface area contributed by atoms with Crippen molar-refractivity contribution in [3.8, 4) is 12.3 Å². The zero-order chi connectivity index (χ0) is 13.0. The summed E-state index contributed by atoms with van der Waals surface area (Å²) in [7, 11) is 0. The van der Waals surface area contributed by atoms with Gasteiger partial charge >= 0.3 is 5.97 Å². The van der Waals surface area contributed by atoms with E-state index in [1.807, 2.05) is 6.07 Å². The van der Waals surface area contributed by atoms with Crippen molar-refractivity contribution in [1.82, 2.24) is 4.98 Å². The molecule has 0 unspecified atom stereocenters. The molecule has 0 aromatic carbocycles. The normalized spacial score (nSPS) is 16.1. The van der Waals surface area contributed by atoms with Gasteiger partial charge < -0.3 is 9.64 Å². The fourth-order valence-electron chi connectivity index (χ4n) is 1.90. The number of rotatable bonds is 3. The fourth-order valence-corrected chi connectivity index (χ4v) is 1.90. The number of terminal acetylenes is 1. The van der Waals surface area contributed by atoms with Gasteiger partial charge in [-0.15, -0.1) is 6.42 Å². The van der Waals surface area contributed by atoms with Gasteiger partial charge in [-0.1, -0.05) is 5.92 Å². The highest BCUT2D eigenvalue weighted by Crippen LogP contribution is 2.17. The van der Waals surface area contributed by atoms with E-state index in [1.54, 1.807) is 19.2 Å². The zero-order valence-corrected chi connectivity index (χ0v) is 10.4. The molecule has 1 aliphatic rings. The Kier molecular flexibility index (Phi) is 3.83. The molecule has 0 aliphatic carbocycles. The molecule has 0 saturated carbocycles. The van der Waals surface area contributed by atoms with Crippen LogP contribution in [-0.2, 0) is 4.74 Å². The highest BCUT2D eigenvalue weighted by atomic mass is 16.5. The molecule has 1 aliphatic heterocycles. The highest BCUT2D eigenvalue weighted by Gasteiger charge is 2.15. The van der Waals surface area contributed by atoms with Crippen molar-refractivity contribution in [2.75, 3.05) is 18.0 Å². The molecule has 4 heteroatoms. The number of hydrogen-bond donors (Lipinski definition) is 0. The van der Waals surface area contributed by atoms with Crippen LogP contribution in [0.5, 0.6) is 0 Å². The van der Waals surface area contributed by atoms with E-state index in [-0.39, 0.29) is 0 Å². The first-order valence-electron chi connectivity index (χ1n) is 6.09. The molecule has 2 rings (SSSR count). The third-order valence-corrected chi connectivity index (χ3v) is 2.93. The van der Waals surface area contributed by atoms with E-state index < -0.39 is 12.1 Å². The molecule has 0 amide bonds. The van der Waals surface area contributed by atoms with Crippen molar-refractivity contribution in [2.45, 2.75) is 25.9 Å². The van der Waals surface area contributed by atoms with Gasteiger partial charge in [0.25, 0.3) is 0 Å². The largest absolute Gasteiger partial charge is 0.446 e. The molecule has 1 aromatic rings. The van der Waals surface area contributed by atoms with Crippen molar-refractivity contribution in [3.63, 3.8) is 0 Å². The van der Waals surface area contributed by atoms with E-state index >= 15 is 0 Å². The second kappa shape index (κ2) is 5.54. The van der Waals surface area contributed by atoms with Crippen LogP contribution in [0.15, 0.2) is 18.3 Å². The van der Waals surface area contributed by atoms with Crippen molar-refractivity contribution in [3.05, 3.63) is 23.9 Å². The standard InChI is InChI=1S/C14H16N2O2/c1-3-11(2)18-14(17)12-6-7-13(15-10-12)16-8-4-5-9-16/h1,6-7,10-11H,4-5,8-9H2,2H3/t11-/m0/s1. The Hall–Kier alpha value is -2.02. The summed E-state index contributed by atoms with van der Waals surface area (Å²) < 4.78 is 5.02. The maximum atomic E-state index is 11.7. The van der Waals surface area contributed by atoms with E-state index in [1.165, 1.54) is 12.8 Å². The first kappa shape index (κ1) is 12.4. The second-order valence-corrected chi connectivity index (χ2v) is 4.31. The minimum Gasteiger partial charge on any atom is -0.446 e. The van der Waals surface area contributed by atoms with E-state index in [9.17, 15) is 4.79 Å². The summed E-state index contributed by atoms with van der Waals surface area (Å²) in [6.07, 6.45) is 8.58. The maximum absolute atomic E-state index is 11.7. The van der Waals surface area contributed by atoms with Crippen LogP contribution >= 0.6 is 0 Å². The molecular weight excluding hydrogens is 228 g/mol. The van der Waals surface area contributed by atoms with Gasteiger partial charge in [-0.3, -0.25) is 0 Å². The maximum Gasteiger partial charge on any atom is 0.340 e. The number of anilines is 1. The molecule has 0 radical (unpaired) electrons. The lowest BCUT2D eigenvalue weighted by Gasteiger charge is -2.16. The van der Waals surface area contributed by atoms with Gasteiger partial charge in [-0.2, -0.15) is 0 Å². The molecule has 4 nitrogen and oxygen atoms in total. The summed E-state index contributed by atoms with van der Waals surface area (Å²) in [5.74, 6) is 2.83. The predicted octanol–water partition coefficient (Wildman–Crippen LogP) is 1.86. The van der Waals surface area contributed by atoms with Gasteiger partial charge in [0.1, 0.15) is 5.82 Å². The molecule has 1 fully saturated rings. The summed E-state index contributed by atoms with van der Waals surface area (Å²) in [6.45, 7) is 3.72. The van der Waals surface area contributed by atoms with E-state index in [0.29, 0.717) is 5.56 Å². The molecule has 0 N–H and O–H groups in total. The molecule has 1 saturated heterocycles. The van der Waals surface area contributed by atoms with Gasteiger partial charge in [-0.25, -0.2) is 9.78 Å². The molecule has 1 aromatic heterocycles. The minimum atomic E-state index is -0.518. The lowest BCUT2D eigenvalue weighted by Crippen LogP contribution is -2.19. The average molecular weight is 244 g/mol. The number of nitrogens with zero attached hydrogens (tertiary/aromatic N) is 2. The number of ether oxygens (including phenoxy) is 1. The van der Waals surface area contributed by atoms with E-state index in [2.05, 4.69) is 15.8 Å². The molecule has 0 bridgehead atoms. The Morgan fingerprint density at radius 1 is 1.50 bits per heavy atom. The third-order valence-electron chi connectivity index (χ3n) is 2.93. The quantitative estimate of drug-likeness (QED) is 0.601. The first-order valence-corrected chi connectivity index (χ1v) is 6.09. The fraction of sp³-hybridized carbons (Fsp3) is 0.429. The third kappa shape index (κ3) is 2.80. The van der Waals surface area contributed by atoms with Crippen LogP contribution in [0.1, 0.15) is 30.1 Å². The van der Waals surface area contributed by atoms with Crippen LogP contribution in [0, 0.1) is 12.3 Å². The number of esters is 1. The van der Waals surface area contributed by atoms with Crippen LogP contribution in [0.2, 0.25) is 0 Å². The van der Waals surface area contributed by atoms with E-state index in [4.69, 9.17) is 11.2 Å². The van der Waals surface area contributed by atoms with Crippen LogP contribution in [0.3, 0.4) is 0 Å². The van der Waals surface area contributed by atoms with Crippen LogP contribution in [-0.4, -0.2) is 30.1 Å². The summed E-state index contributed by atoms with van der Waals surface area (Å²) in [5, 5.41) is 0. The molecular formula is C14H16N2O2. The molecule has 0 spiro atoms. The highest BCUT2D eigenvalue weighted by molar-refractivity contribution is 5.89. The van der Waals surface area contributed by atoms with Gasteiger partial charge in [0, 0.05) is 19.3 Å². The summed E-state index contributed by atoms with van der Waals surface area (Å²) in [5.41, 5.74) is 0.431. The summed E-state index contributed by atoms with van der Waals surface area (Å²) in [6, 6.07) is 3.58. The summed E-state index contributed by atoms with van der Waals surface area (Å²) in [4.78, 5) is 18.2. The topological polar surface area (TPSA) is 42.4 Å². The van der Waals surface area contributed by atoms with Gasteiger partial charge in [0.05, 0.1) is 5.56 Å². The number of aromatic nitrogens is 1. The average Bonchev–Trinajstić information content (AvgIpc) is 2.92. The molecule has 94 valence electrons. The minimum absolute atomic E-state index is 0.430. The predicted molar refractivity (Wildman–Crippen MR) is 69.4 cm³/mol. The number of pyridine rings is 1. The Bertz CT molecular complexity index is 456. The smallest absolute Gasteiger partial charge is 0.340 e. The Labute approximate surface area is 107 Å². The lowest BCUT2D eigenvalue weighted by molar-refractivity contribution is 0.0438. The zero-order valence-electron chi connectivity index (χ0n) is 10.4. The number of carbonyl (C=O) groups excluding carboxylic acids is 1. The second-order valence-electron chi connectivity index (χ2n) is 4.31. The number of carbonyl (C=O) groups is 1. The van der Waals surface area contributed by atoms with Crippen molar-refractivity contribution in [1.29, 1.82) is 0 Å². The van der Waals surface area contributed by atoms with Gasteiger partial charge in [0.2, 0.25) is 0 Å². The van der Waals surface area contributed by atoms with Gasteiger partial charge in [0.15, 0.2) is 6.10 Å². The van der Waals surface area contributed by atoms with E-state index in [0.717, 1.165) is 18.9 Å². The molecule has 1 atom stereocenters. The Morgan fingerprint density at radius 2 is 2.22 bits per heavy atom. The Balaban J connectivity index is 2.03. The van der Waals surface area contributed by atoms with Crippen molar-refractivity contribution in [2.24, 2.45) is 0 Å². The molecule has 18 heavy (non-hydrogen) atoms. The van der Waals surface area contributed by atoms with Gasteiger partial charge in [-0.05, 0) is 31.9 Å². The van der Waals surface area contributed by atoms with Crippen molar-refractivity contribution < 1.29 is 9.53 Å². The van der Waals surface area contributed by atoms with Crippen LogP contribution in [0.4, 0.5) is 5.82 Å². The lowest BCUT2D eigenvalue weighted by atomic mass is 10.3. The Morgan fingerprint density at radius 3 is 2.78 bits per heavy atom. The summed E-state index contributed by atoms with van der Waals surface area (Å²) >= 11 is 0.